The van der Waals surface area contributed by atoms with Crippen LogP contribution in [-0.2, 0) is 0 Å². The Balaban J connectivity index is 2.30. The van der Waals surface area contributed by atoms with E-state index in [-0.39, 0.29) is 0 Å². The van der Waals surface area contributed by atoms with Crippen molar-refractivity contribution in [1.29, 1.82) is 5.26 Å². The molecule has 0 saturated heterocycles. The van der Waals surface area contributed by atoms with Crippen LogP contribution in [0.1, 0.15) is 11.1 Å². The summed E-state index contributed by atoms with van der Waals surface area (Å²) in [5, 5.41) is 20.1. The van der Waals surface area contributed by atoms with Gasteiger partial charge in [0.2, 0.25) is 0 Å². The second-order valence-electron chi connectivity index (χ2n) is 3.56. The molecule has 0 bridgehead atoms. The molecule has 0 fully saturated rings. The number of hydrogen-bond donors (Lipinski definition) is 1. The summed E-state index contributed by atoms with van der Waals surface area (Å²) in [4.78, 5) is 0. The maximum absolute atomic E-state index is 8.71. The average molecular weight is 222 g/mol. The van der Waals surface area contributed by atoms with Gasteiger partial charge in [0.1, 0.15) is 0 Å². The van der Waals surface area contributed by atoms with Gasteiger partial charge in [-0.25, -0.2) is 0 Å². The lowest BCUT2D eigenvalue weighted by Gasteiger charge is -2.01. The molecule has 0 aromatic heterocycles. The third-order valence-corrected chi connectivity index (χ3v) is 2.46. The summed E-state index contributed by atoms with van der Waals surface area (Å²) < 4.78 is 0. The lowest BCUT2D eigenvalue weighted by molar-refractivity contribution is 0.322. The van der Waals surface area contributed by atoms with Crippen molar-refractivity contribution in [3.05, 3.63) is 59.7 Å². The molecule has 0 spiro atoms. The van der Waals surface area contributed by atoms with E-state index in [0.29, 0.717) is 5.56 Å². The molecule has 82 valence electrons. The van der Waals surface area contributed by atoms with Crippen molar-refractivity contribution in [3.63, 3.8) is 0 Å². The van der Waals surface area contributed by atoms with Gasteiger partial charge in [-0.1, -0.05) is 41.6 Å². The zero-order valence-electron chi connectivity index (χ0n) is 9.04. The summed E-state index contributed by atoms with van der Waals surface area (Å²) in [5.41, 5.74) is 3.60. The van der Waals surface area contributed by atoms with E-state index >= 15 is 0 Å². The van der Waals surface area contributed by atoms with Crippen molar-refractivity contribution in [1.82, 2.24) is 0 Å². The SMILES string of the molecule is N#Cc1ccc(-c2ccc(/C=N/O)cc2)cc1. The molecule has 0 atom stereocenters. The number of rotatable bonds is 2. The van der Waals surface area contributed by atoms with Gasteiger partial charge in [-0.15, -0.1) is 0 Å². The fourth-order valence-corrected chi connectivity index (χ4v) is 1.57. The zero-order chi connectivity index (χ0) is 12.1. The molecule has 1 N–H and O–H groups in total. The molecule has 0 heterocycles. The highest BCUT2D eigenvalue weighted by Crippen LogP contribution is 2.19. The summed E-state index contributed by atoms with van der Waals surface area (Å²) in [6.07, 6.45) is 1.38. The van der Waals surface area contributed by atoms with E-state index in [4.69, 9.17) is 10.5 Å². The fraction of sp³-hybridized carbons (Fsp3) is 0. The van der Waals surface area contributed by atoms with E-state index in [1.165, 1.54) is 6.21 Å². The predicted molar refractivity (Wildman–Crippen MR) is 66.0 cm³/mol. The van der Waals surface area contributed by atoms with Gasteiger partial charge in [0.25, 0.3) is 0 Å². The van der Waals surface area contributed by atoms with E-state index in [1.54, 1.807) is 12.1 Å². The normalized spacial score (nSPS) is 10.3. The van der Waals surface area contributed by atoms with Gasteiger partial charge in [-0.2, -0.15) is 5.26 Å². The Morgan fingerprint density at radius 2 is 1.47 bits per heavy atom. The first-order valence-electron chi connectivity index (χ1n) is 5.11. The van der Waals surface area contributed by atoms with E-state index < -0.39 is 0 Å². The van der Waals surface area contributed by atoms with Crippen LogP contribution >= 0.6 is 0 Å². The smallest absolute Gasteiger partial charge is 0.0991 e. The summed E-state index contributed by atoms with van der Waals surface area (Å²) in [6.45, 7) is 0. The van der Waals surface area contributed by atoms with Gasteiger partial charge >= 0.3 is 0 Å². The molecule has 2 aromatic rings. The molecule has 0 radical (unpaired) electrons. The van der Waals surface area contributed by atoms with Gasteiger partial charge in [0, 0.05) is 0 Å². The minimum Gasteiger partial charge on any atom is -0.411 e. The molecule has 3 nitrogen and oxygen atoms in total. The monoisotopic (exact) mass is 222 g/mol. The molecule has 0 aliphatic heterocycles. The largest absolute Gasteiger partial charge is 0.411 e. The van der Waals surface area contributed by atoms with Crippen LogP contribution in [0, 0.1) is 11.3 Å². The van der Waals surface area contributed by atoms with Crippen LogP contribution < -0.4 is 0 Å². The van der Waals surface area contributed by atoms with Gasteiger partial charge in [-0.3, -0.25) is 0 Å². The van der Waals surface area contributed by atoms with Crippen LogP contribution in [0.3, 0.4) is 0 Å². The fourth-order valence-electron chi connectivity index (χ4n) is 1.57. The van der Waals surface area contributed by atoms with Crippen molar-refractivity contribution in [3.8, 4) is 17.2 Å². The quantitative estimate of drug-likeness (QED) is 0.482. The Morgan fingerprint density at radius 1 is 0.941 bits per heavy atom. The number of benzene rings is 2. The summed E-state index contributed by atoms with van der Waals surface area (Å²) in [7, 11) is 0. The van der Waals surface area contributed by atoms with Crippen LogP contribution in [0.4, 0.5) is 0 Å². The van der Waals surface area contributed by atoms with Crippen LogP contribution in [0.15, 0.2) is 53.7 Å². The zero-order valence-corrected chi connectivity index (χ0v) is 9.04. The number of hydrogen-bond acceptors (Lipinski definition) is 3. The van der Waals surface area contributed by atoms with Gasteiger partial charge in [-0.05, 0) is 28.8 Å². The Hall–Kier alpha value is -2.60. The number of nitrogens with zero attached hydrogens (tertiary/aromatic N) is 2. The van der Waals surface area contributed by atoms with Crippen LogP contribution in [0.2, 0.25) is 0 Å². The minimum absolute atomic E-state index is 0.651. The number of nitriles is 1. The lowest BCUT2D eigenvalue weighted by atomic mass is 10.0. The predicted octanol–water partition coefficient (Wildman–Crippen LogP) is 3.03. The van der Waals surface area contributed by atoms with E-state index in [2.05, 4.69) is 11.2 Å². The molecule has 0 aliphatic carbocycles. The summed E-state index contributed by atoms with van der Waals surface area (Å²) in [6, 6.07) is 17.1. The topological polar surface area (TPSA) is 56.4 Å². The van der Waals surface area contributed by atoms with Crippen molar-refractivity contribution < 1.29 is 5.21 Å². The van der Waals surface area contributed by atoms with E-state index in [0.717, 1.165) is 16.7 Å². The van der Waals surface area contributed by atoms with E-state index in [1.807, 2.05) is 36.4 Å². The third kappa shape index (κ3) is 2.50. The van der Waals surface area contributed by atoms with Crippen LogP contribution in [0.5, 0.6) is 0 Å². The molecule has 3 heteroatoms. The first-order chi connectivity index (χ1) is 8.33. The molecule has 2 aromatic carbocycles. The number of oxime groups is 1. The molecule has 2 rings (SSSR count). The van der Waals surface area contributed by atoms with Gasteiger partial charge in [0.05, 0.1) is 17.8 Å². The van der Waals surface area contributed by atoms with Crippen LogP contribution in [-0.4, -0.2) is 11.4 Å². The van der Waals surface area contributed by atoms with Gasteiger partial charge in [0.15, 0.2) is 0 Å². The maximum atomic E-state index is 8.71. The second-order valence-corrected chi connectivity index (χ2v) is 3.56. The highest BCUT2D eigenvalue weighted by molar-refractivity contribution is 5.80. The third-order valence-electron chi connectivity index (χ3n) is 2.46. The molecule has 0 aliphatic rings. The lowest BCUT2D eigenvalue weighted by Crippen LogP contribution is -1.82. The first kappa shape index (κ1) is 10.9. The van der Waals surface area contributed by atoms with Crippen molar-refractivity contribution in [2.24, 2.45) is 5.16 Å². The van der Waals surface area contributed by atoms with Gasteiger partial charge < -0.3 is 5.21 Å². The highest BCUT2D eigenvalue weighted by atomic mass is 16.4. The molecule has 0 amide bonds. The molecule has 0 unspecified atom stereocenters. The van der Waals surface area contributed by atoms with Crippen molar-refractivity contribution in [2.45, 2.75) is 0 Å². The second kappa shape index (κ2) is 4.95. The Morgan fingerprint density at radius 3 is 1.94 bits per heavy atom. The highest BCUT2D eigenvalue weighted by Gasteiger charge is 1.97. The summed E-state index contributed by atoms with van der Waals surface area (Å²) in [5.74, 6) is 0. The minimum atomic E-state index is 0.651. The Labute approximate surface area is 99.3 Å². The van der Waals surface area contributed by atoms with E-state index in [9.17, 15) is 0 Å². The van der Waals surface area contributed by atoms with Crippen LogP contribution in [0.25, 0.3) is 11.1 Å². The molecular weight excluding hydrogens is 212 g/mol. The Kier molecular flexibility index (Phi) is 3.18. The Bertz CT molecular complexity index is 563. The molecular formula is C14H10N2O. The maximum Gasteiger partial charge on any atom is 0.0991 e. The molecule has 0 saturated carbocycles. The van der Waals surface area contributed by atoms with Crippen molar-refractivity contribution in [2.75, 3.05) is 0 Å². The molecule has 17 heavy (non-hydrogen) atoms. The average Bonchev–Trinajstić information content (AvgIpc) is 2.40. The summed E-state index contributed by atoms with van der Waals surface area (Å²) >= 11 is 0. The standard InChI is InChI=1S/C14H10N2O/c15-9-11-1-5-13(6-2-11)14-7-3-12(4-8-14)10-16-17/h1-8,10,17H/b16-10+. The first-order valence-corrected chi connectivity index (χ1v) is 5.11. The van der Waals surface area contributed by atoms with Crippen molar-refractivity contribution >= 4 is 6.21 Å².